The molecular formula is C10H9ClO2S. The molecule has 0 saturated carbocycles. The van der Waals surface area contributed by atoms with Gasteiger partial charge in [-0.2, -0.15) is 0 Å². The summed E-state index contributed by atoms with van der Waals surface area (Å²) < 4.78 is 6.02. The summed E-state index contributed by atoms with van der Waals surface area (Å²) in [5, 5.41) is 12.8. The standard InChI is InChI=1S/C10H9ClO2S/c1-13-8-4-6-2-3-14-10(6)9(12)7(8)5-11/h2-4,12H,5H2,1H3. The molecule has 0 saturated heterocycles. The van der Waals surface area contributed by atoms with Gasteiger partial charge in [-0.05, 0) is 22.9 Å². The fourth-order valence-corrected chi connectivity index (χ4v) is 2.53. The van der Waals surface area contributed by atoms with E-state index in [9.17, 15) is 5.11 Å². The van der Waals surface area contributed by atoms with Crippen molar-refractivity contribution in [2.45, 2.75) is 5.88 Å². The van der Waals surface area contributed by atoms with E-state index in [-0.39, 0.29) is 11.6 Å². The third kappa shape index (κ3) is 1.33. The monoisotopic (exact) mass is 228 g/mol. The van der Waals surface area contributed by atoms with Gasteiger partial charge in [0.2, 0.25) is 0 Å². The van der Waals surface area contributed by atoms with Crippen LogP contribution in [0.2, 0.25) is 0 Å². The molecule has 0 aliphatic heterocycles. The first-order chi connectivity index (χ1) is 6.77. The molecule has 0 aliphatic carbocycles. The van der Waals surface area contributed by atoms with Crippen LogP contribution in [0.5, 0.6) is 11.5 Å². The molecule has 2 nitrogen and oxygen atoms in total. The third-order valence-corrected chi connectivity index (χ3v) is 3.34. The van der Waals surface area contributed by atoms with Crippen LogP contribution in [0.3, 0.4) is 0 Å². The van der Waals surface area contributed by atoms with Gasteiger partial charge in [0.25, 0.3) is 0 Å². The molecule has 0 amide bonds. The summed E-state index contributed by atoms with van der Waals surface area (Å²) in [6, 6.07) is 3.84. The van der Waals surface area contributed by atoms with Crippen molar-refractivity contribution in [3.05, 3.63) is 23.1 Å². The van der Waals surface area contributed by atoms with Crippen LogP contribution < -0.4 is 4.74 Å². The van der Waals surface area contributed by atoms with E-state index < -0.39 is 0 Å². The molecule has 0 bridgehead atoms. The molecule has 0 aliphatic rings. The zero-order valence-electron chi connectivity index (χ0n) is 7.58. The SMILES string of the molecule is COc1cc2ccsc2c(O)c1CCl. The minimum atomic E-state index is 0.240. The third-order valence-electron chi connectivity index (χ3n) is 2.13. The quantitative estimate of drug-likeness (QED) is 0.799. The van der Waals surface area contributed by atoms with E-state index >= 15 is 0 Å². The van der Waals surface area contributed by atoms with Gasteiger partial charge in [0.05, 0.1) is 23.3 Å². The summed E-state index contributed by atoms with van der Waals surface area (Å²) in [4.78, 5) is 0. The molecule has 0 spiro atoms. The molecule has 1 aromatic heterocycles. The molecule has 74 valence electrons. The highest BCUT2D eigenvalue weighted by Crippen LogP contribution is 2.39. The van der Waals surface area contributed by atoms with Gasteiger partial charge in [-0.15, -0.1) is 22.9 Å². The van der Waals surface area contributed by atoms with Crippen molar-refractivity contribution in [1.29, 1.82) is 0 Å². The molecule has 0 atom stereocenters. The summed E-state index contributed by atoms with van der Waals surface area (Å²) in [5.74, 6) is 1.14. The highest BCUT2D eigenvalue weighted by atomic mass is 35.5. The lowest BCUT2D eigenvalue weighted by Crippen LogP contribution is -1.89. The number of benzene rings is 1. The van der Waals surface area contributed by atoms with Crippen molar-refractivity contribution in [1.82, 2.24) is 0 Å². The van der Waals surface area contributed by atoms with Gasteiger partial charge in [0, 0.05) is 0 Å². The highest BCUT2D eigenvalue weighted by Gasteiger charge is 2.12. The second-order valence-corrected chi connectivity index (χ2v) is 4.06. The largest absolute Gasteiger partial charge is 0.506 e. The predicted octanol–water partition coefficient (Wildman–Crippen LogP) is 3.35. The van der Waals surface area contributed by atoms with Crippen LogP contribution in [-0.4, -0.2) is 12.2 Å². The van der Waals surface area contributed by atoms with Gasteiger partial charge in [0.15, 0.2) is 0 Å². The first-order valence-corrected chi connectivity index (χ1v) is 5.51. The van der Waals surface area contributed by atoms with Gasteiger partial charge >= 0.3 is 0 Å². The molecule has 1 aromatic carbocycles. The number of phenolic OH excluding ortho intramolecular Hbond substituents is 1. The van der Waals surface area contributed by atoms with E-state index in [1.54, 1.807) is 7.11 Å². The number of thiophene rings is 1. The summed E-state index contributed by atoms with van der Waals surface area (Å²) >= 11 is 7.25. The van der Waals surface area contributed by atoms with Crippen molar-refractivity contribution in [3.63, 3.8) is 0 Å². The van der Waals surface area contributed by atoms with Crippen LogP contribution in [0, 0.1) is 0 Å². The number of hydrogen-bond acceptors (Lipinski definition) is 3. The Bertz CT molecular complexity index is 464. The second-order valence-electron chi connectivity index (χ2n) is 2.88. The summed E-state index contributed by atoms with van der Waals surface area (Å²) in [6.07, 6.45) is 0. The summed E-state index contributed by atoms with van der Waals surface area (Å²) in [7, 11) is 1.57. The van der Waals surface area contributed by atoms with Gasteiger partial charge in [0.1, 0.15) is 11.5 Å². The lowest BCUT2D eigenvalue weighted by atomic mass is 10.1. The van der Waals surface area contributed by atoms with E-state index in [4.69, 9.17) is 16.3 Å². The Balaban J connectivity index is 2.79. The molecule has 0 fully saturated rings. The number of aromatic hydroxyl groups is 1. The zero-order chi connectivity index (χ0) is 10.1. The second kappa shape index (κ2) is 3.67. The molecule has 1 N–H and O–H groups in total. The van der Waals surface area contributed by atoms with Crippen LogP contribution in [-0.2, 0) is 5.88 Å². The maximum atomic E-state index is 9.90. The van der Waals surface area contributed by atoms with E-state index in [1.807, 2.05) is 17.5 Å². The number of alkyl halides is 1. The van der Waals surface area contributed by atoms with Crippen molar-refractivity contribution < 1.29 is 9.84 Å². The molecule has 0 radical (unpaired) electrons. The number of fused-ring (bicyclic) bond motifs is 1. The summed E-state index contributed by atoms with van der Waals surface area (Å²) in [5.41, 5.74) is 0.657. The zero-order valence-corrected chi connectivity index (χ0v) is 9.15. The predicted molar refractivity (Wildman–Crippen MR) is 59.6 cm³/mol. The van der Waals surface area contributed by atoms with Crippen LogP contribution in [0.25, 0.3) is 10.1 Å². The maximum absolute atomic E-state index is 9.90. The van der Waals surface area contributed by atoms with Crippen LogP contribution in [0.15, 0.2) is 17.5 Å². The van der Waals surface area contributed by atoms with Crippen LogP contribution in [0.1, 0.15) is 5.56 Å². The van der Waals surface area contributed by atoms with E-state index in [0.717, 1.165) is 10.1 Å². The molecule has 0 unspecified atom stereocenters. The number of halogens is 1. The van der Waals surface area contributed by atoms with Gasteiger partial charge in [-0.3, -0.25) is 0 Å². The Morgan fingerprint density at radius 1 is 1.57 bits per heavy atom. The first-order valence-electron chi connectivity index (χ1n) is 4.10. The molecular weight excluding hydrogens is 220 g/mol. The minimum absolute atomic E-state index is 0.240. The Morgan fingerprint density at radius 2 is 2.36 bits per heavy atom. The van der Waals surface area contributed by atoms with Gasteiger partial charge in [-0.1, -0.05) is 0 Å². The molecule has 1 heterocycles. The summed E-state index contributed by atoms with van der Waals surface area (Å²) in [6.45, 7) is 0. The molecule has 2 rings (SSSR count). The average molecular weight is 229 g/mol. The topological polar surface area (TPSA) is 29.5 Å². The van der Waals surface area contributed by atoms with Crippen molar-refractivity contribution >= 4 is 33.0 Å². The first kappa shape index (κ1) is 9.62. The average Bonchev–Trinajstić information content (AvgIpc) is 2.65. The Hall–Kier alpha value is -0.930. The fourth-order valence-electron chi connectivity index (χ4n) is 1.42. The number of phenols is 1. The Labute approximate surface area is 90.7 Å². The molecule has 4 heteroatoms. The molecule has 2 aromatic rings. The fraction of sp³-hybridized carbons (Fsp3) is 0.200. The Kier molecular flexibility index (Phi) is 2.52. The smallest absolute Gasteiger partial charge is 0.141 e. The van der Waals surface area contributed by atoms with Gasteiger partial charge in [-0.25, -0.2) is 0 Å². The van der Waals surface area contributed by atoms with Crippen molar-refractivity contribution in [2.75, 3.05) is 7.11 Å². The van der Waals surface area contributed by atoms with Crippen molar-refractivity contribution in [2.24, 2.45) is 0 Å². The number of hydrogen-bond donors (Lipinski definition) is 1. The number of methoxy groups -OCH3 is 1. The van der Waals surface area contributed by atoms with E-state index in [2.05, 4.69) is 0 Å². The number of ether oxygens (including phenoxy) is 1. The number of rotatable bonds is 2. The normalized spacial score (nSPS) is 10.7. The van der Waals surface area contributed by atoms with Crippen molar-refractivity contribution in [3.8, 4) is 11.5 Å². The maximum Gasteiger partial charge on any atom is 0.141 e. The van der Waals surface area contributed by atoms with Crippen LogP contribution >= 0.6 is 22.9 Å². The Morgan fingerprint density at radius 3 is 3.00 bits per heavy atom. The van der Waals surface area contributed by atoms with Crippen LogP contribution in [0.4, 0.5) is 0 Å². The van der Waals surface area contributed by atoms with Gasteiger partial charge < -0.3 is 9.84 Å². The van der Waals surface area contributed by atoms with E-state index in [1.165, 1.54) is 11.3 Å². The minimum Gasteiger partial charge on any atom is -0.506 e. The lowest BCUT2D eigenvalue weighted by Gasteiger charge is -2.08. The molecule has 14 heavy (non-hydrogen) atoms. The highest BCUT2D eigenvalue weighted by molar-refractivity contribution is 7.17. The van der Waals surface area contributed by atoms with E-state index in [0.29, 0.717) is 11.3 Å². The lowest BCUT2D eigenvalue weighted by molar-refractivity contribution is 0.404.